The lowest BCUT2D eigenvalue weighted by Gasteiger charge is -2.31. The van der Waals surface area contributed by atoms with Crippen molar-refractivity contribution in [2.24, 2.45) is 0 Å². The summed E-state index contributed by atoms with van der Waals surface area (Å²) in [4.78, 5) is 53.9. The highest BCUT2D eigenvalue weighted by molar-refractivity contribution is 8.02. The van der Waals surface area contributed by atoms with Crippen LogP contribution in [0.25, 0.3) is 0 Å². The van der Waals surface area contributed by atoms with E-state index in [2.05, 4.69) is 41.5 Å². The van der Waals surface area contributed by atoms with Crippen LogP contribution in [-0.4, -0.2) is 66.5 Å². The van der Waals surface area contributed by atoms with Crippen molar-refractivity contribution >= 4 is 47.2 Å². The van der Waals surface area contributed by atoms with Crippen LogP contribution in [0.2, 0.25) is 0 Å². The SMILES string of the molecule is CCCCC(C)(CCC)SC1CC(=O)N(CCN2C(=O)CC(SC(C)(CC)CCC)C2=O)C1=O. The van der Waals surface area contributed by atoms with Crippen molar-refractivity contribution in [3.05, 3.63) is 0 Å². The van der Waals surface area contributed by atoms with Gasteiger partial charge in [0.25, 0.3) is 0 Å². The summed E-state index contributed by atoms with van der Waals surface area (Å²) in [6.07, 6.45) is 8.68. The molecule has 0 saturated carbocycles. The minimum atomic E-state index is -0.370. The Morgan fingerprint density at radius 2 is 1.15 bits per heavy atom. The molecule has 0 aromatic rings. The Kier molecular flexibility index (Phi) is 11.0. The summed E-state index contributed by atoms with van der Waals surface area (Å²) >= 11 is 3.25. The Morgan fingerprint density at radius 1 is 0.706 bits per heavy atom. The Morgan fingerprint density at radius 3 is 1.56 bits per heavy atom. The monoisotopic (exact) mass is 512 g/mol. The lowest BCUT2D eigenvalue weighted by atomic mass is 9.98. The highest BCUT2D eigenvalue weighted by Gasteiger charge is 2.45. The zero-order valence-electron chi connectivity index (χ0n) is 22.0. The van der Waals surface area contributed by atoms with E-state index in [1.165, 1.54) is 9.80 Å². The normalized spacial score (nSPS) is 24.8. The van der Waals surface area contributed by atoms with E-state index in [9.17, 15) is 19.2 Å². The van der Waals surface area contributed by atoms with Crippen LogP contribution < -0.4 is 0 Å². The number of hydrogen-bond donors (Lipinski definition) is 0. The fourth-order valence-electron chi connectivity index (χ4n) is 5.02. The molecule has 0 bridgehead atoms. The number of nitrogens with zero attached hydrogens (tertiary/aromatic N) is 2. The fraction of sp³-hybridized carbons (Fsp3) is 0.846. The van der Waals surface area contributed by atoms with Crippen molar-refractivity contribution in [3.63, 3.8) is 0 Å². The van der Waals surface area contributed by atoms with E-state index in [0.717, 1.165) is 51.4 Å². The quantitative estimate of drug-likeness (QED) is 0.273. The van der Waals surface area contributed by atoms with Crippen molar-refractivity contribution < 1.29 is 19.2 Å². The standard InChI is InChI=1S/C26H44N2O4S2/c1-7-11-14-26(6,13-9-3)34-20-18-22(30)28(24(20)32)16-15-27-21(29)17-19(23(27)31)33-25(5,10-4)12-8-2/h19-20H,7-18H2,1-6H3. The Hall–Kier alpha value is -1.02. The van der Waals surface area contributed by atoms with Crippen LogP contribution >= 0.6 is 23.5 Å². The van der Waals surface area contributed by atoms with Gasteiger partial charge < -0.3 is 0 Å². The van der Waals surface area contributed by atoms with Gasteiger partial charge in [0, 0.05) is 35.4 Å². The van der Waals surface area contributed by atoms with Crippen molar-refractivity contribution in [2.75, 3.05) is 13.1 Å². The van der Waals surface area contributed by atoms with Gasteiger partial charge in [0.1, 0.15) is 0 Å². The fourth-order valence-corrected chi connectivity index (χ4v) is 8.37. The minimum Gasteiger partial charge on any atom is -0.280 e. The second kappa shape index (κ2) is 12.8. The highest BCUT2D eigenvalue weighted by atomic mass is 32.2. The van der Waals surface area contributed by atoms with Crippen molar-refractivity contribution in [2.45, 2.75) is 126 Å². The van der Waals surface area contributed by atoms with Gasteiger partial charge in [-0.3, -0.25) is 29.0 Å². The molecule has 4 atom stereocenters. The molecule has 0 aliphatic carbocycles. The third-order valence-corrected chi connectivity index (χ3v) is 10.5. The van der Waals surface area contributed by atoms with Crippen LogP contribution in [0, 0.1) is 0 Å². The third-order valence-electron chi connectivity index (χ3n) is 7.17. The summed E-state index contributed by atoms with van der Waals surface area (Å²) in [6, 6.07) is 0. The van der Waals surface area contributed by atoms with E-state index in [1.807, 2.05) is 0 Å². The first kappa shape index (κ1) is 29.2. The summed E-state index contributed by atoms with van der Waals surface area (Å²) in [6.45, 7) is 13.1. The maximum Gasteiger partial charge on any atom is 0.242 e. The average Bonchev–Trinajstić information content (AvgIpc) is 3.19. The molecule has 0 spiro atoms. The predicted octanol–water partition coefficient (Wildman–Crippen LogP) is 5.43. The summed E-state index contributed by atoms with van der Waals surface area (Å²) in [5.41, 5.74) is 0. The van der Waals surface area contributed by atoms with Crippen LogP contribution in [0.3, 0.4) is 0 Å². The molecule has 0 radical (unpaired) electrons. The number of thioether (sulfide) groups is 2. The molecule has 4 amide bonds. The highest BCUT2D eigenvalue weighted by Crippen LogP contribution is 2.42. The molecule has 4 unspecified atom stereocenters. The lowest BCUT2D eigenvalue weighted by Crippen LogP contribution is -2.42. The molecule has 2 rings (SSSR count). The predicted molar refractivity (Wildman–Crippen MR) is 142 cm³/mol. The number of unbranched alkanes of at least 4 members (excludes halogenated alkanes) is 1. The molecular weight excluding hydrogens is 468 g/mol. The zero-order chi connectivity index (χ0) is 25.5. The van der Waals surface area contributed by atoms with Crippen molar-refractivity contribution in [1.82, 2.24) is 9.80 Å². The van der Waals surface area contributed by atoms with Gasteiger partial charge in [-0.1, -0.05) is 67.2 Å². The molecule has 8 heteroatoms. The lowest BCUT2D eigenvalue weighted by molar-refractivity contribution is -0.143. The summed E-state index contributed by atoms with van der Waals surface area (Å²) < 4.78 is -0.0449. The first-order chi connectivity index (χ1) is 16.0. The number of carbonyl (C=O) groups excluding carboxylic acids is 4. The average molecular weight is 513 g/mol. The molecule has 194 valence electrons. The van der Waals surface area contributed by atoms with Gasteiger partial charge in [-0.05, 0) is 25.7 Å². The van der Waals surface area contributed by atoms with Crippen LogP contribution in [0.5, 0.6) is 0 Å². The molecule has 2 aliphatic rings. The number of likely N-dealkylation sites (tertiary alicyclic amines) is 2. The third kappa shape index (κ3) is 7.25. The van der Waals surface area contributed by atoms with Crippen molar-refractivity contribution in [3.8, 4) is 0 Å². The first-order valence-electron chi connectivity index (χ1n) is 13.1. The summed E-state index contributed by atoms with van der Waals surface area (Å²) in [5, 5.41) is -0.737. The molecule has 34 heavy (non-hydrogen) atoms. The molecule has 6 nitrogen and oxygen atoms in total. The molecule has 0 aromatic carbocycles. The van der Waals surface area contributed by atoms with Gasteiger partial charge >= 0.3 is 0 Å². The van der Waals surface area contributed by atoms with Gasteiger partial charge in [0.15, 0.2) is 0 Å². The van der Waals surface area contributed by atoms with E-state index in [4.69, 9.17) is 0 Å². The second-order valence-electron chi connectivity index (χ2n) is 10.2. The number of imide groups is 2. The Labute approximate surface area is 214 Å². The minimum absolute atomic E-state index is 0.0167. The molecular formula is C26H44N2O4S2. The van der Waals surface area contributed by atoms with Gasteiger partial charge in [0.2, 0.25) is 23.6 Å². The molecule has 2 saturated heterocycles. The topological polar surface area (TPSA) is 74.8 Å². The largest absolute Gasteiger partial charge is 0.280 e. The Bertz CT molecular complexity index is 761. The van der Waals surface area contributed by atoms with Crippen LogP contribution in [0.1, 0.15) is 106 Å². The smallest absolute Gasteiger partial charge is 0.242 e. The van der Waals surface area contributed by atoms with E-state index in [1.54, 1.807) is 23.5 Å². The first-order valence-corrected chi connectivity index (χ1v) is 14.8. The molecule has 2 aliphatic heterocycles. The number of carbonyl (C=O) groups is 4. The number of hydrogen-bond acceptors (Lipinski definition) is 6. The van der Waals surface area contributed by atoms with Crippen LogP contribution in [-0.2, 0) is 19.2 Å². The summed E-state index contributed by atoms with van der Waals surface area (Å²) in [7, 11) is 0. The van der Waals surface area contributed by atoms with Gasteiger partial charge in [-0.2, -0.15) is 0 Å². The van der Waals surface area contributed by atoms with Gasteiger partial charge in [0.05, 0.1) is 10.5 Å². The summed E-state index contributed by atoms with van der Waals surface area (Å²) in [5.74, 6) is -0.729. The van der Waals surface area contributed by atoms with Gasteiger partial charge in [-0.25, -0.2) is 0 Å². The van der Waals surface area contributed by atoms with E-state index < -0.39 is 0 Å². The maximum atomic E-state index is 13.1. The van der Waals surface area contributed by atoms with E-state index in [-0.39, 0.29) is 69.6 Å². The van der Waals surface area contributed by atoms with E-state index in [0.29, 0.717) is 0 Å². The molecule has 2 heterocycles. The molecule has 0 N–H and O–H groups in total. The maximum absolute atomic E-state index is 13.1. The molecule has 0 aromatic heterocycles. The second-order valence-corrected chi connectivity index (χ2v) is 13.8. The van der Waals surface area contributed by atoms with Crippen molar-refractivity contribution in [1.29, 1.82) is 0 Å². The number of rotatable bonds is 15. The molecule has 2 fully saturated rings. The Balaban J connectivity index is 1.98. The van der Waals surface area contributed by atoms with Crippen LogP contribution in [0.4, 0.5) is 0 Å². The van der Waals surface area contributed by atoms with E-state index >= 15 is 0 Å². The number of amides is 4. The van der Waals surface area contributed by atoms with Gasteiger partial charge in [-0.15, -0.1) is 23.5 Å². The zero-order valence-corrected chi connectivity index (χ0v) is 23.6. The van der Waals surface area contributed by atoms with Crippen LogP contribution in [0.15, 0.2) is 0 Å².